The molecule has 3 aliphatic heterocycles. The van der Waals surface area contributed by atoms with E-state index >= 15 is 0 Å². The molecular formula is C19H37N3O13. The summed E-state index contributed by atoms with van der Waals surface area (Å²) in [5.41, 5.74) is 17.8. The van der Waals surface area contributed by atoms with Crippen molar-refractivity contribution in [3.63, 3.8) is 0 Å². The molecule has 0 aromatic heterocycles. The van der Waals surface area contributed by atoms with Crippen LogP contribution in [0.4, 0.5) is 0 Å². The highest BCUT2D eigenvalue weighted by atomic mass is 16.7. The molecule has 3 saturated heterocycles. The molecule has 16 nitrogen and oxygen atoms in total. The van der Waals surface area contributed by atoms with Crippen molar-refractivity contribution in [1.29, 1.82) is 0 Å². The summed E-state index contributed by atoms with van der Waals surface area (Å²) in [6, 6.07) is -3.71. The van der Waals surface area contributed by atoms with E-state index < -0.39 is 112 Å². The molecule has 3 fully saturated rings. The van der Waals surface area contributed by atoms with Gasteiger partial charge in [0.05, 0.1) is 37.9 Å². The first-order valence-electron chi connectivity index (χ1n) is 11.2. The molecule has 0 radical (unpaired) electrons. The first-order chi connectivity index (χ1) is 16.6. The summed E-state index contributed by atoms with van der Waals surface area (Å²) in [7, 11) is 1.32. The lowest BCUT2D eigenvalue weighted by molar-refractivity contribution is -0.348. The SMILES string of the molecule is CO[C@@H]1C(CO)O[C@@H](O[C@H]2C(O)C(N)[C@H](O[C@@H]3C(CO)O[C@@H](O)[C@H](N)[C@H]3O)O[C@@H]2CO)[C@H](N)[C@H]1O. The van der Waals surface area contributed by atoms with Gasteiger partial charge in [0, 0.05) is 7.11 Å². The first kappa shape index (κ1) is 28.9. The minimum Gasteiger partial charge on any atom is -0.394 e. The van der Waals surface area contributed by atoms with E-state index in [1.54, 1.807) is 0 Å². The number of methoxy groups -OCH3 is 1. The van der Waals surface area contributed by atoms with Crippen molar-refractivity contribution < 1.29 is 64.2 Å². The number of hydrogen-bond acceptors (Lipinski definition) is 16. The van der Waals surface area contributed by atoms with Crippen molar-refractivity contribution in [2.75, 3.05) is 26.9 Å². The van der Waals surface area contributed by atoms with E-state index in [1.165, 1.54) is 7.11 Å². The molecule has 3 aliphatic rings. The molecule has 0 aromatic carbocycles. The molecule has 0 aliphatic carbocycles. The third kappa shape index (κ3) is 5.78. The lowest BCUT2D eigenvalue weighted by Gasteiger charge is -2.48. The van der Waals surface area contributed by atoms with E-state index in [-0.39, 0.29) is 0 Å². The lowest BCUT2D eigenvalue weighted by Crippen LogP contribution is -2.69. The second-order valence-electron chi connectivity index (χ2n) is 8.80. The predicted molar refractivity (Wildman–Crippen MR) is 112 cm³/mol. The van der Waals surface area contributed by atoms with Crippen molar-refractivity contribution >= 4 is 0 Å². The molecule has 0 bridgehead atoms. The molecule has 13 N–H and O–H groups in total. The number of rotatable bonds is 8. The van der Waals surface area contributed by atoms with Gasteiger partial charge in [-0.05, 0) is 0 Å². The number of hydrogen-bond donors (Lipinski definition) is 10. The van der Waals surface area contributed by atoms with Crippen LogP contribution < -0.4 is 17.2 Å². The summed E-state index contributed by atoms with van der Waals surface area (Å²) in [5.74, 6) is 0. The van der Waals surface area contributed by atoms with Crippen molar-refractivity contribution in [1.82, 2.24) is 0 Å². The third-order valence-electron chi connectivity index (χ3n) is 6.58. The predicted octanol–water partition coefficient (Wildman–Crippen LogP) is -7.02. The fourth-order valence-electron chi connectivity index (χ4n) is 4.46. The molecule has 3 rings (SSSR count). The van der Waals surface area contributed by atoms with Crippen LogP contribution in [0.1, 0.15) is 0 Å². The normalized spacial score (nSPS) is 51.3. The fourth-order valence-corrected chi connectivity index (χ4v) is 4.46. The van der Waals surface area contributed by atoms with Gasteiger partial charge in [-0.1, -0.05) is 0 Å². The Morgan fingerprint density at radius 3 is 1.40 bits per heavy atom. The standard InChI is InChI=1S/C19H37N3O13/c1-30-14-5(2-23)32-18(9(21)12(14)27)35-16-7(4-25)33-19(10(22)13(16)28)34-15-6(3-24)31-17(29)8(20)11(15)26/h5-19,23-29H,2-4,20-22H2,1H3/t5?,6?,7-,8-,9-,10?,11-,12-,13?,14-,15-,16-,17-,18+,19+/m1/s1. The highest BCUT2D eigenvalue weighted by Gasteiger charge is 2.52. The Balaban J connectivity index is 1.72. The van der Waals surface area contributed by atoms with Gasteiger partial charge in [0.25, 0.3) is 0 Å². The quantitative estimate of drug-likeness (QED) is 0.144. The molecular weight excluding hydrogens is 478 g/mol. The zero-order valence-electron chi connectivity index (χ0n) is 19.1. The van der Waals surface area contributed by atoms with Crippen molar-refractivity contribution in [3.8, 4) is 0 Å². The summed E-state index contributed by atoms with van der Waals surface area (Å²) in [4.78, 5) is 0. The molecule has 16 heteroatoms. The van der Waals surface area contributed by atoms with Crippen LogP contribution in [0.3, 0.4) is 0 Å². The maximum absolute atomic E-state index is 10.9. The number of nitrogens with two attached hydrogens (primary N) is 3. The van der Waals surface area contributed by atoms with Crippen LogP contribution >= 0.6 is 0 Å². The average molecular weight is 516 g/mol. The van der Waals surface area contributed by atoms with Crippen LogP contribution in [-0.4, -0.2) is 155 Å². The molecule has 0 aromatic rings. The molecule has 35 heavy (non-hydrogen) atoms. The Bertz CT molecular complexity index is 661. The van der Waals surface area contributed by atoms with Crippen LogP contribution in [-0.2, 0) is 28.4 Å². The van der Waals surface area contributed by atoms with Gasteiger partial charge in [-0.3, -0.25) is 0 Å². The minimum absolute atomic E-state index is 0.515. The molecule has 0 saturated carbocycles. The molecule has 0 spiro atoms. The van der Waals surface area contributed by atoms with Gasteiger partial charge >= 0.3 is 0 Å². The van der Waals surface area contributed by atoms with Gasteiger partial charge in [0.15, 0.2) is 18.9 Å². The van der Waals surface area contributed by atoms with E-state index in [1.807, 2.05) is 0 Å². The zero-order valence-corrected chi connectivity index (χ0v) is 19.1. The lowest BCUT2D eigenvalue weighted by atomic mass is 9.94. The van der Waals surface area contributed by atoms with Crippen molar-refractivity contribution in [2.24, 2.45) is 17.2 Å². The average Bonchev–Trinajstić information content (AvgIpc) is 2.85. The number of aliphatic hydroxyl groups excluding tert-OH is 7. The monoisotopic (exact) mass is 515 g/mol. The molecule has 3 heterocycles. The van der Waals surface area contributed by atoms with Crippen LogP contribution in [0.25, 0.3) is 0 Å². The van der Waals surface area contributed by atoms with E-state index in [9.17, 15) is 35.7 Å². The fraction of sp³-hybridized carbons (Fsp3) is 1.00. The Morgan fingerprint density at radius 1 is 0.600 bits per heavy atom. The number of aliphatic hydroxyl groups is 7. The van der Waals surface area contributed by atoms with Crippen molar-refractivity contribution in [2.45, 2.75) is 91.9 Å². The highest BCUT2D eigenvalue weighted by molar-refractivity contribution is 4.98. The molecule has 4 unspecified atom stereocenters. The largest absolute Gasteiger partial charge is 0.394 e. The van der Waals surface area contributed by atoms with Crippen LogP contribution in [0, 0.1) is 0 Å². The van der Waals surface area contributed by atoms with Gasteiger partial charge < -0.3 is 81.4 Å². The maximum atomic E-state index is 10.9. The van der Waals surface area contributed by atoms with Crippen LogP contribution in [0.15, 0.2) is 0 Å². The Kier molecular flexibility index (Phi) is 10.1. The summed E-state index contributed by atoms with van der Waals surface area (Å²) in [6.45, 7) is -1.83. The molecule has 206 valence electrons. The first-order valence-corrected chi connectivity index (χ1v) is 11.2. The number of ether oxygens (including phenoxy) is 6. The highest BCUT2D eigenvalue weighted by Crippen LogP contribution is 2.31. The molecule has 15 atom stereocenters. The zero-order chi connectivity index (χ0) is 26.0. The van der Waals surface area contributed by atoms with Gasteiger partial charge in [-0.2, -0.15) is 0 Å². The van der Waals surface area contributed by atoms with Crippen molar-refractivity contribution in [3.05, 3.63) is 0 Å². The van der Waals surface area contributed by atoms with Crippen LogP contribution in [0.5, 0.6) is 0 Å². The smallest absolute Gasteiger partial charge is 0.176 e. The minimum atomic E-state index is -1.55. The molecule has 0 amide bonds. The summed E-state index contributed by atoms with van der Waals surface area (Å²) >= 11 is 0. The second-order valence-corrected chi connectivity index (χ2v) is 8.80. The summed E-state index contributed by atoms with van der Waals surface area (Å²) in [5, 5.41) is 70.5. The van der Waals surface area contributed by atoms with Gasteiger partial charge in [0.2, 0.25) is 0 Å². The maximum Gasteiger partial charge on any atom is 0.176 e. The van der Waals surface area contributed by atoms with E-state index in [4.69, 9.17) is 45.6 Å². The van der Waals surface area contributed by atoms with Gasteiger partial charge in [-0.25, -0.2) is 0 Å². The summed E-state index contributed by atoms with van der Waals surface area (Å²) in [6.07, 6.45) is -15.5. The van der Waals surface area contributed by atoms with E-state index in [2.05, 4.69) is 0 Å². The van der Waals surface area contributed by atoms with E-state index in [0.29, 0.717) is 0 Å². The van der Waals surface area contributed by atoms with E-state index in [0.717, 1.165) is 0 Å². The van der Waals surface area contributed by atoms with Crippen LogP contribution in [0.2, 0.25) is 0 Å². The summed E-state index contributed by atoms with van der Waals surface area (Å²) < 4.78 is 33.0. The Labute approximate surface area is 201 Å². The second kappa shape index (κ2) is 12.3. The topological polar surface area (TPSA) is 275 Å². The van der Waals surface area contributed by atoms with Gasteiger partial charge in [0.1, 0.15) is 54.9 Å². The Hall–Kier alpha value is -0.640. The Morgan fingerprint density at radius 2 is 0.971 bits per heavy atom. The third-order valence-corrected chi connectivity index (χ3v) is 6.58. The van der Waals surface area contributed by atoms with Gasteiger partial charge in [-0.15, -0.1) is 0 Å².